The molecule has 1 aliphatic carbocycles. The van der Waals surface area contributed by atoms with Crippen molar-refractivity contribution in [1.82, 2.24) is 4.57 Å². The minimum atomic E-state index is -0.413. The molecule has 5 rings (SSSR count). The second-order valence-electron chi connectivity index (χ2n) is 8.33. The first kappa shape index (κ1) is 25.7. The van der Waals surface area contributed by atoms with Gasteiger partial charge in [0.2, 0.25) is 0 Å². The maximum atomic E-state index is 13.9. The van der Waals surface area contributed by atoms with Crippen LogP contribution in [0.2, 0.25) is 5.02 Å². The van der Waals surface area contributed by atoms with E-state index in [0.29, 0.717) is 11.8 Å². The Morgan fingerprint density at radius 2 is 1.75 bits per heavy atom. The van der Waals surface area contributed by atoms with Crippen LogP contribution >= 0.6 is 11.6 Å². The molecule has 0 spiro atoms. The molecule has 0 amide bonds. The SMILES string of the molecule is CO.FCC1CC(c2c(C3CCOCC3)n(-c3ccc(F)c(Cl)c3)c3ccccc23)C1.[U]. The molecule has 2 aliphatic rings. The number of hydrogen-bond donors (Lipinski definition) is 1. The number of rotatable bonds is 4. The van der Waals surface area contributed by atoms with Crippen LogP contribution in [0.3, 0.4) is 0 Å². The summed E-state index contributed by atoms with van der Waals surface area (Å²) in [5.41, 5.74) is 4.61. The smallest absolute Gasteiger partial charge is 0.141 e. The summed E-state index contributed by atoms with van der Waals surface area (Å²) in [5.74, 6) is 0.490. The zero-order chi connectivity index (χ0) is 22.0. The predicted molar refractivity (Wildman–Crippen MR) is 121 cm³/mol. The van der Waals surface area contributed by atoms with E-state index in [1.807, 2.05) is 6.07 Å². The Kier molecular flexibility index (Phi) is 9.24. The van der Waals surface area contributed by atoms with Crippen LogP contribution in [0.4, 0.5) is 8.78 Å². The molecule has 1 saturated heterocycles. The first-order chi connectivity index (χ1) is 15.2. The quantitative estimate of drug-likeness (QED) is 0.346. The molecule has 0 unspecified atom stereocenters. The summed E-state index contributed by atoms with van der Waals surface area (Å²) in [6.45, 7) is 1.25. The molecular weight excluding hydrogens is 658 g/mol. The van der Waals surface area contributed by atoms with Gasteiger partial charge in [-0.2, -0.15) is 0 Å². The van der Waals surface area contributed by atoms with Crippen LogP contribution in [0.15, 0.2) is 42.5 Å². The predicted octanol–water partition coefficient (Wildman–Crippen LogP) is 6.39. The number of nitrogens with zero attached hydrogens (tertiary/aromatic N) is 1. The van der Waals surface area contributed by atoms with E-state index in [1.54, 1.807) is 12.1 Å². The number of aliphatic hydroxyl groups is 1. The fourth-order valence-corrected chi connectivity index (χ4v) is 5.26. The molecule has 1 saturated carbocycles. The molecule has 2 fully saturated rings. The molecule has 32 heavy (non-hydrogen) atoms. The van der Waals surface area contributed by atoms with E-state index >= 15 is 0 Å². The molecule has 170 valence electrons. The number of para-hydroxylation sites is 1. The molecule has 0 bridgehead atoms. The van der Waals surface area contributed by atoms with Gasteiger partial charge in [-0.25, -0.2) is 4.39 Å². The summed E-state index contributed by atoms with van der Waals surface area (Å²) in [4.78, 5) is 0. The van der Waals surface area contributed by atoms with Crippen LogP contribution < -0.4 is 0 Å². The molecule has 0 atom stereocenters. The van der Waals surface area contributed by atoms with Crippen molar-refractivity contribution in [2.24, 2.45) is 5.92 Å². The van der Waals surface area contributed by atoms with Crippen LogP contribution in [-0.4, -0.2) is 36.7 Å². The number of halogens is 3. The molecule has 1 N–H and O–H groups in total. The molecule has 0 radical (unpaired) electrons. The monoisotopic (exact) mass is 685 g/mol. The van der Waals surface area contributed by atoms with Crippen molar-refractivity contribution < 1.29 is 49.7 Å². The number of aromatic nitrogens is 1. The summed E-state index contributed by atoms with van der Waals surface area (Å²) in [5, 5.41) is 8.35. The van der Waals surface area contributed by atoms with Crippen LogP contribution in [0.1, 0.15) is 48.8 Å². The number of fused-ring (bicyclic) bond motifs is 1. The van der Waals surface area contributed by atoms with Gasteiger partial charge in [-0.15, -0.1) is 0 Å². The Labute approximate surface area is 216 Å². The zero-order valence-corrected chi connectivity index (χ0v) is 23.1. The van der Waals surface area contributed by atoms with E-state index in [0.717, 1.165) is 57.2 Å². The molecular formula is C25H28ClF2NO2U. The fourth-order valence-electron chi connectivity index (χ4n) is 5.09. The largest absolute Gasteiger partial charge is 0.400 e. The van der Waals surface area contributed by atoms with Crippen LogP contribution in [0.5, 0.6) is 0 Å². The van der Waals surface area contributed by atoms with E-state index in [9.17, 15) is 8.78 Å². The van der Waals surface area contributed by atoms with Crippen molar-refractivity contribution in [3.05, 3.63) is 64.6 Å². The Morgan fingerprint density at radius 1 is 1.06 bits per heavy atom. The molecule has 7 heteroatoms. The Balaban J connectivity index is 0.000000938. The maximum Gasteiger partial charge on any atom is 0.141 e. The average molecular weight is 686 g/mol. The number of ether oxygens (including phenoxy) is 1. The molecule has 1 aromatic heterocycles. The number of benzene rings is 2. The summed E-state index contributed by atoms with van der Waals surface area (Å²) in [6, 6.07) is 13.3. The molecule has 3 aromatic rings. The standard InChI is InChI=1S/C24H24ClF2NO.CH4O.U/c25-20-13-18(5-6-21(20)27)28-22-4-2-1-3-19(22)23(17-11-15(12-17)14-26)24(28)16-7-9-29-10-8-16;1-2;/h1-6,13,15-17H,7-12,14H2;2H,1H3;. The van der Waals surface area contributed by atoms with Crippen molar-refractivity contribution >= 4 is 22.5 Å². The number of alkyl halides is 1. The first-order valence-corrected chi connectivity index (χ1v) is 11.2. The van der Waals surface area contributed by atoms with Crippen LogP contribution in [0, 0.1) is 42.8 Å². The third kappa shape index (κ3) is 4.81. The normalized spacial score (nSPS) is 20.8. The second kappa shape index (κ2) is 11.5. The van der Waals surface area contributed by atoms with Crippen molar-refractivity contribution in [1.29, 1.82) is 0 Å². The Bertz CT molecular complexity index is 1050. The zero-order valence-electron chi connectivity index (χ0n) is 18.2. The molecule has 2 aromatic carbocycles. The maximum absolute atomic E-state index is 13.9. The van der Waals surface area contributed by atoms with Crippen molar-refractivity contribution in [2.45, 2.75) is 37.5 Å². The topological polar surface area (TPSA) is 34.4 Å². The first-order valence-electron chi connectivity index (χ1n) is 10.8. The number of aliphatic hydroxyl groups excluding tert-OH is 1. The third-order valence-electron chi connectivity index (χ3n) is 6.58. The Morgan fingerprint density at radius 3 is 2.41 bits per heavy atom. The van der Waals surface area contributed by atoms with Crippen molar-refractivity contribution in [2.75, 3.05) is 27.0 Å². The van der Waals surface area contributed by atoms with E-state index in [-0.39, 0.29) is 48.7 Å². The summed E-state index contributed by atoms with van der Waals surface area (Å²) < 4.78 is 34.9. The summed E-state index contributed by atoms with van der Waals surface area (Å²) in [7, 11) is 1.00. The average Bonchev–Trinajstić information content (AvgIpc) is 3.12. The molecule has 1 aliphatic heterocycles. The van der Waals surface area contributed by atoms with Gasteiger partial charge >= 0.3 is 0 Å². The Hall–Kier alpha value is -0.898. The van der Waals surface area contributed by atoms with E-state index in [4.69, 9.17) is 21.4 Å². The van der Waals surface area contributed by atoms with Gasteiger partial charge in [0.25, 0.3) is 0 Å². The van der Waals surface area contributed by atoms with E-state index in [1.165, 1.54) is 22.7 Å². The second-order valence-corrected chi connectivity index (χ2v) is 8.73. The van der Waals surface area contributed by atoms with Gasteiger partial charge < -0.3 is 14.4 Å². The van der Waals surface area contributed by atoms with Gasteiger partial charge in [-0.1, -0.05) is 29.8 Å². The van der Waals surface area contributed by atoms with Gasteiger partial charge in [-0.3, -0.25) is 4.39 Å². The van der Waals surface area contributed by atoms with Gasteiger partial charge in [0, 0.05) is 74.1 Å². The van der Waals surface area contributed by atoms with E-state index in [2.05, 4.69) is 22.8 Å². The summed E-state index contributed by atoms with van der Waals surface area (Å²) >= 11 is 6.15. The van der Waals surface area contributed by atoms with Crippen molar-refractivity contribution in [3.8, 4) is 5.69 Å². The van der Waals surface area contributed by atoms with Crippen LogP contribution in [0.25, 0.3) is 16.6 Å². The van der Waals surface area contributed by atoms with Gasteiger partial charge in [0.05, 0.1) is 17.2 Å². The van der Waals surface area contributed by atoms with Crippen molar-refractivity contribution in [3.63, 3.8) is 0 Å². The summed E-state index contributed by atoms with van der Waals surface area (Å²) in [6.07, 6.45) is 3.70. The molecule has 2 heterocycles. The fraction of sp³-hybridized carbons (Fsp3) is 0.440. The minimum absolute atomic E-state index is 0. The molecule has 3 nitrogen and oxygen atoms in total. The van der Waals surface area contributed by atoms with Gasteiger partial charge in [0.15, 0.2) is 0 Å². The van der Waals surface area contributed by atoms with Crippen LogP contribution in [-0.2, 0) is 4.74 Å². The van der Waals surface area contributed by atoms with Gasteiger partial charge in [-0.05, 0) is 67.3 Å². The third-order valence-corrected chi connectivity index (χ3v) is 6.87. The number of hydrogen-bond acceptors (Lipinski definition) is 2. The van der Waals surface area contributed by atoms with Gasteiger partial charge in [0.1, 0.15) is 5.82 Å². The minimum Gasteiger partial charge on any atom is -0.400 e. The van der Waals surface area contributed by atoms with E-state index < -0.39 is 5.82 Å².